The van der Waals surface area contributed by atoms with E-state index >= 15 is 0 Å². The standard InChI is InChI=1S/C20H20INO3/c1-3-11-25-20(24)17-12(2)22-15-5-4-6-16(23)19(15)18(17)13-7-9-14(21)10-8-13/h3,7-10,18,22H,1,4-6,11H2,2H3. The number of hydrogen-bond donors (Lipinski definition) is 1. The number of carbonyl (C=O) groups excluding carboxylic acids is 2. The van der Waals surface area contributed by atoms with Crippen molar-refractivity contribution in [1.82, 2.24) is 5.32 Å². The van der Waals surface area contributed by atoms with E-state index in [4.69, 9.17) is 4.74 Å². The Bertz CT molecular complexity index is 790. The van der Waals surface area contributed by atoms with Gasteiger partial charge in [-0.25, -0.2) is 4.79 Å². The molecule has 0 fully saturated rings. The van der Waals surface area contributed by atoms with Gasteiger partial charge in [-0.15, -0.1) is 0 Å². The summed E-state index contributed by atoms with van der Waals surface area (Å²) in [7, 11) is 0. The van der Waals surface area contributed by atoms with Gasteiger partial charge in [-0.2, -0.15) is 0 Å². The molecule has 0 bridgehead atoms. The van der Waals surface area contributed by atoms with Crippen molar-refractivity contribution in [2.75, 3.05) is 6.61 Å². The van der Waals surface area contributed by atoms with E-state index in [0.717, 1.165) is 33.4 Å². The Morgan fingerprint density at radius 2 is 2.08 bits per heavy atom. The van der Waals surface area contributed by atoms with E-state index in [2.05, 4.69) is 34.5 Å². The van der Waals surface area contributed by atoms with E-state index in [1.165, 1.54) is 0 Å². The molecule has 0 saturated heterocycles. The minimum atomic E-state index is -0.404. The molecule has 2 aliphatic rings. The second kappa shape index (κ2) is 7.56. The number of Topliss-reactive ketones (excluding diaryl/α,β-unsaturated/α-hetero) is 1. The first kappa shape index (κ1) is 17.9. The van der Waals surface area contributed by atoms with Crippen molar-refractivity contribution in [3.05, 3.63) is 68.6 Å². The monoisotopic (exact) mass is 449 g/mol. The summed E-state index contributed by atoms with van der Waals surface area (Å²) < 4.78 is 6.41. The summed E-state index contributed by atoms with van der Waals surface area (Å²) >= 11 is 2.24. The van der Waals surface area contributed by atoms with Crippen LogP contribution in [0.25, 0.3) is 0 Å². The van der Waals surface area contributed by atoms with Crippen LogP contribution in [0.5, 0.6) is 0 Å². The molecule has 1 unspecified atom stereocenters. The van der Waals surface area contributed by atoms with Crippen molar-refractivity contribution in [2.45, 2.75) is 32.1 Å². The van der Waals surface area contributed by atoms with Crippen molar-refractivity contribution in [2.24, 2.45) is 0 Å². The predicted octanol–water partition coefficient (Wildman–Crippen LogP) is 3.99. The highest BCUT2D eigenvalue weighted by molar-refractivity contribution is 14.1. The molecule has 0 radical (unpaired) electrons. The highest BCUT2D eigenvalue weighted by Crippen LogP contribution is 2.42. The van der Waals surface area contributed by atoms with Crippen molar-refractivity contribution in [1.29, 1.82) is 0 Å². The van der Waals surface area contributed by atoms with Crippen LogP contribution in [0.4, 0.5) is 0 Å². The number of hydrogen-bond acceptors (Lipinski definition) is 4. The molecular weight excluding hydrogens is 429 g/mol. The zero-order chi connectivity index (χ0) is 18.0. The maximum atomic E-state index is 12.7. The topological polar surface area (TPSA) is 55.4 Å². The summed E-state index contributed by atoms with van der Waals surface area (Å²) in [4.78, 5) is 25.4. The summed E-state index contributed by atoms with van der Waals surface area (Å²) in [5.41, 5.74) is 3.86. The van der Waals surface area contributed by atoms with Crippen LogP contribution in [0.1, 0.15) is 37.7 Å². The van der Waals surface area contributed by atoms with Crippen LogP contribution in [0, 0.1) is 3.57 Å². The lowest BCUT2D eigenvalue weighted by Crippen LogP contribution is -2.34. The van der Waals surface area contributed by atoms with Crippen molar-refractivity contribution in [3.63, 3.8) is 0 Å². The molecule has 0 amide bonds. The molecule has 1 atom stereocenters. The molecule has 1 aliphatic carbocycles. The molecule has 3 rings (SSSR count). The molecule has 0 spiro atoms. The average Bonchev–Trinajstić information content (AvgIpc) is 2.59. The molecular formula is C20H20INO3. The predicted molar refractivity (Wildman–Crippen MR) is 105 cm³/mol. The minimum absolute atomic E-state index is 0.110. The van der Waals surface area contributed by atoms with E-state index < -0.39 is 5.97 Å². The van der Waals surface area contributed by atoms with Crippen LogP contribution < -0.4 is 5.32 Å². The summed E-state index contributed by atoms with van der Waals surface area (Å²) in [5, 5.41) is 3.28. The van der Waals surface area contributed by atoms with Crippen LogP contribution in [0.3, 0.4) is 0 Å². The number of ether oxygens (including phenoxy) is 1. The summed E-state index contributed by atoms with van der Waals surface area (Å²) in [6.07, 6.45) is 3.73. The number of carbonyl (C=O) groups is 2. The van der Waals surface area contributed by atoms with Crippen LogP contribution in [-0.4, -0.2) is 18.4 Å². The average molecular weight is 449 g/mol. The molecule has 130 valence electrons. The first-order valence-corrected chi connectivity index (χ1v) is 9.38. The maximum absolute atomic E-state index is 12.7. The van der Waals surface area contributed by atoms with Gasteiger partial charge in [0.25, 0.3) is 0 Å². The SMILES string of the molecule is C=CCOC(=O)C1=C(C)NC2=C(C(=O)CCC2)C1c1ccc(I)cc1. The number of benzene rings is 1. The Morgan fingerprint density at radius 1 is 1.36 bits per heavy atom. The lowest BCUT2D eigenvalue weighted by atomic mass is 9.75. The molecule has 1 heterocycles. The van der Waals surface area contributed by atoms with Gasteiger partial charge in [0.2, 0.25) is 0 Å². The van der Waals surface area contributed by atoms with Gasteiger partial charge in [-0.3, -0.25) is 4.79 Å². The minimum Gasteiger partial charge on any atom is -0.458 e. The van der Waals surface area contributed by atoms with Crippen molar-refractivity contribution >= 4 is 34.3 Å². The zero-order valence-corrected chi connectivity index (χ0v) is 16.3. The largest absolute Gasteiger partial charge is 0.458 e. The molecule has 0 saturated carbocycles. The fraction of sp³-hybridized carbons (Fsp3) is 0.300. The van der Waals surface area contributed by atoms with Gasteiger partial charge < -0.3 is 10.1 Å². The third kappa shape index (κ3) is 3.56. The number of dihydropyridines is 1. The number of allylic oxidation sites excluding steroid dienone is 3. The molecule has 1 aromatic rings. The molecule has 1 N–H and O–H groups in total. The van der Waals surface area contributed by atoms with Crippen LogP contribution in [-0.2, 0) is 14.3 Å². The molecule has 25 heavy (non-hydrogen) atoms. The Balaban J connectivity index is 2.11. The highest BCUT2D eigenvalue weighted by atomic mass is 127. The van der Waals surface area contributed by atoms with Crippen LogP contribution in [0.15, 0.2) is 59.5 Å². The second-order valence-corrected chi connectivity index (χ2v) is 7.45. The maximum Gasteiger partial charge on any atom is 0.337 e. The van der Waals surface area contributed by atoms with Gasteiger partial charge in [-0.05, 0) is 60.1 Å². The lowest BCUT2D eigenvalue weighted by Gasteiger charge is -2.34. The van der Waals surface area contributed by atoms with Crippen molar-refractivity contribution in [3.8, 4) is 0 Å². The summed E-state index contributed by atoms with van der Waals surface area (Å²) in [6, 6.07) is 7.96. The zero-order valence-electron chi connectivity index (χ0n) is 14.1. The quantitative estimate of drug-likeness (QED) is 0.429. The summed E-state index contributed by atoms with van der Waals surface area (Å²) in [5.74, 6) is -0.671. The highest BCUT2D eigenvalue weighted by Gasteiger charge is 2.38. The van der Waals surface area contributed by atoms with Gasteiger partial charge in [0.05, 0.1) is 5.57 Å². The van der Waals surface area contributed by atoms with E-state index in [1.807, 2.05) is 31.2 Å². The molecule has 1 aromatic carbocycles. The second-order valence-electron chi connectivity index (χ2n) is 6.20. The van der Waals surface area contributed by atoms with E-state index in [9.17, 15) is 9.59 Å². The first-order chi connectivity index (χ1) is 12.0. The molecule has 5 heteroatoms. The van der Waals surface area contributed by atoms with E-state index in [1.54, 1.807) is 6.08 Å². The normalized spacial score (nSPS) is 20.1. The molecule has 0 aromatic heterocycles. The smallest absolute Gasteiger partial charge is 0.337 e. The Labute approximate surface area is 161 Å². The third-order valence-corrected chi connectivity index (χ3v) is 5.25. The first-order valence-electron chi connectivity index (χ1n) is 8.30. The fourth-order valence-electron chi connectivity index (χ4n) is 3.45. The van der Waals surface area contributed by atoms with Crippen molar-refractivity contribution < 1.29 is 14.3 Å². The number of rotatable bonds is 4. The van der Waals surface area contributed by atoms with Gasteiger partial charge >= 0.3 is 5.97 Å². The molecule has 1 aliphatic heterocycles. The van der Waals surface area contributed by atoms with E-state index in [-0.39, 0.29) is 18.3 Å². The number of esters is 1. The van der Waals surface area contributed by atoms with Crippen LogP contribution >= 0.6 is 22.6 Å². The van der Waals surface area contributed by atoms with Gasteiger partial charge in [0, 0.05) is 32.9 Å². The lowest BCUT2D eigenvalue weighted by molar-refractivity contribution is -0.138. The van der Waals surface area contributed by atoms with Gasteiger partial charge in [0.15, 0.2) is 5.78 Å². The van der Waals surface area contributed by atoms with E-state index in [0.29, 0.717) is 17.6 Å². The van der Waals surface area contributed by atoms with Gasteiger partial charge in [0.1, 0.15) is 6.61 Å². The molecule has 4 nitrogen and oxygen atoms in total. The number of nitrogens with one attached hydrogen (secondary N) is 1. The van der Waals surface area contributed by atoms with Crippen LogP contribution in [0.2, 0.25) is 0 Å². The fourth-order valence-corrected chi connectivity index (χ4v) is 3.81. The summed E-state index contributed by atoms with van der Waals surface area (Å²) in [6.45, 7) is 5.60. The number of ketones is 1. The Hall–Kier alpha value is -1.89. The Kier molecular flexibility index (Phi) is 5.42. The Morgan fingerprint density at radius 3 is 2.76 bits per heavy atom. The van der Waals surface area contributed by atoms with Gasteiger partial charge in [-0.1, -0.05) is 24.8 Å². The third-order valence-electron chi connectivity index (χ3n) is 4.53. The number of halogens is 1.